The second kappa shape index (κ2) is 14.5. The standard InChI is InChI=1S/C35H44F3N9O3/c36-35(37,38)28-20-23(19-25-22-40-43-31(25)28)21-30(32(48)45-17-15-44(16-18-45)26-5-10-39-11-6-26)42-33(49)46-12-8-27(9-13-46)47-14-7-24-3-1-2-4-29(24)41-34(47)50/h1-4,19-20,22,26-27,30,39H,5-18,21H2,(H,40,43)(H,41,50)(H,42,49). The Labute approximate surface area is 288 Å². The summed E-state index contributed by atoms with van der Waals surface area (Å²) in [6.45, 7) is 5.64. The Morgan fingerprint density at radius 2 is 1.66 bits per heavy atom. The monoisotopic (exact) mass is 695 g/mol. The van der Waals surface area contributed by atoms with Gasteiger partial charge in [-0.15, -0.1) is 0 Å². The van der Waals surface area contributed by atoms with Crippen LogP contribution >= 0.6 is 0 Å². The molecule has 3 fully saturated rings. The Hall–Kier alpha value is -4.37. The zero-order valence-electron chi connectivity index (χ0n) is 28.0. The van der Waals surface area contributed by atoms with E-state index in [0.717, 1.165) is 49.7 Å². The summed E-state index contributed by atoms with van der Waals surface area (Å²) >= 11 is 0. The van der Waals surface area contributed by atoms with Crippen LogP contribution in [-0.2, 0) is 23.8 Å². The van der Waals surface area contributed by atoms with Crippen molar-refractivity contribution in [3.05, 3.63) is 59.3 Å². The molecule has 0 radical (unpaired) electrons. The zero-order chi connectivity index (χ0) is 34.8. The summed E-state index contributed by atoms with van der Waals surface area (Å²) in [5.41, 5.74) is 1.20. The molecule has 1 aromatic heterocycles. The minimum absolute atomic E-state index is 0.0514. The topological polar surface area (TPSA) is 129 Å². The van der Waals surface area contributed by atoms with E-state index in [9.17, 15) is 27.6 Å². The van der Waals surface area contributed by atoms with Crippen LogP contribution in [0.4, 0.5) is 28.4 Å². The molecule has 3 aromatic rings. The Morgan fingerprint density at radius 3 is 2.40 bits per heavy atom. The summed E-state index contributed by atoms with van der Waals surface area (Å²) < 4.78 is 42.2. The minimum atomic E-state index is -4.63. The minimum Gasteiger partial charge on any atom is -0.338 e. The summed E-state index contributed by atoms with van der Waals surface area (Å²) in [6, 6.07) is 9.13. The number of aromatic amines is 1. The van der Waals surface area contributed by atoms with Crippen LogP contribution in [-0.4, -0.2) is 125 Å². The van der Waals surface area contributed by atoms with E-state index in [1.165, 1.54) is 6.20 Å². The number of nitrogens with zero attached hydrogens (tertiary/aromatic N) is 5. The Kier molecular flexibility index (Phi) is 9.87. The van der Waals surface area contributed by atoms with Gasteiger partial charge in [0.05, 0.1) is 17.3 Å². The van der Waals surface area contributed by atoms with E-state index in [0.29, 0.717) is 64.7 Å². The average molecular weight is 696 g/mol. The molecule has 0 spiro atoms. The number of aromatic nitrogens is 2. The summed E-state index contributed by atoms with van der Waals surface area (Å²) in [5, 5.41) is 15.8. The van der Waals surface area contributed by atoms with E-state index in [2.05, 4.69) is 31.0 Å². The van der Waals surface area contributed by atoms with Gasteiger partial charge in [0.15, 0.2) is 0 Å². The van der Waals surface area contributed by atoms with E-state index < -0.39 is 23.8 Å². The Bertz CT molecular complexity index is 1690. The number of fused-ring (bicyclic) bond motifs is 2. The molecular weight excluding hydrogens is 651 g/mol. The quantitative estimate of drug-likeness (QED) is 0.312. The summed E-state index contributed by atoms with van der Waals surface area (Å²) in [7, 11) is 0. The van der Waals surface area contributed by atoms with Gasteiger partial charge >= 0.3 is 18.2 Å². The van der Waals surface area contributed by atoms with Crippen molar-refractivity contribution in [1.82, 2.24) is 40.4 Å². The Balaban J connectivity index is 1.03. The number of carbonyl (C=O) groups is 3. The number of halogens is 3. The molecule has 50 heavy (non-hydrogen) atoms. The second-order valence-corrected chi connectivity index (χ2v) is 13.8. The number of hydrogen-bond donors (Lipinski definition) is 4. The third-order valence-electron chi connectivity index (χ3n) is 10.7. The fraction of sp³-hybridized carbons (Fsp3) is 0.543. The number of likely N-dealkylation sites (tertiary alicyclic amines) is 1. The number of piperidine rings is 2. The number of para-hydroxylation sites is 1. The lowest BCUT2D eigenvalue weighted by Crippen LogP contribution is -2.59. The number of alkyl halides is 3. The molecule has 1 atom stereocenters. The molecule has 5 heterocycles. The first kappa shape index (κ1) is 34.1. The van der Waals surface area contributed by atoms with E-state index in [4.69, 9.17) is 0 Å². The normalized spacial score (nSPS) is 20.7. The molecule has 3 saturated heterocycles. The zero-order valence-corrected chi connectivity index (χ0v) is 28.0. The van der Waals surface area contributed by atoms with Crippen molar-refractivity contribution in [3.63, 3.8) is 0 Å². The Morgan fingerprint density at radius 1 is 0.920 bits per heavy atom. The average Bonchev–Trinajstić information content (AvgIpc) is 3.53. The number of hydrogen-bond acceptors (Lipinski definition) is 6. The molecule has 1 unspecified atom stereocenters. The number of urea groups is 2. The molecule has 7 rings (SSSR count). The molecule has 0 saturated carbocycles. The van der Waals surface area contributed by atoms with Crippen molar-refractivity contribution in [1.29, 1.82) is 0 Å². The van der Waals surface area contributed by atoms with Crippen LogP contribution in [0.3, 0.4) is 0 Å². The number of benzene rings is 2. The lowest BCUT2D eigenvalue weighted by molar-refractivity contribution is -0.136. The number of H-pyrrole nitrogens is 1. The molecule has 0 aliphatic carbocycles. The van der Waals surface area contributed by atoms with Gasteiger partial charge < -0.3 is 30.7 Å². The molecule has 5 amide bonds. The van der Waals surface area contributed by atoms with Crippen LogP contribution in [0.25, 0.3) is 10.9 Å². The van der Waals surface area contributed by atoms with E-state index in [1.807, 2.05) is 29.2 Å². The molecule has 268 valence electrons. The number of piperazine rings is 1. The van der Waals surface area contributed by atoms with E-state index >= 15 is 0 Å². The lowest BCUT2D eigenvalue weighted by Gasteiger charge is -2.42. The highest BCUT2D eigenvalue weighted by Crippen LogP contribution is 2.35. The maximum absolute atomic E-state index is 14.1. The number of rotatable bonds is 6. The molecule has 0 bridgehead atoms. The SMILES string of the molecule is O=C(NC(Cc1cc(C(F)(F)F)c2[nH]ncc2c1)C(=O)N1CCN(C2CCNCC2)CC1)N1CCC(N2CCc3ccccc3NC2=O)CC1. The van der Waals surface area contributed by atoms with Crippen molar-refractivity contribution in [3.8, 4) is 0 Å². The second-order valence-electron chi connectivity index (χ2n) is 13.8. The maximum Gasteiger partial charge on any atom is 0.418 e. The van der Waals surface area contributed by atoms with Gasteiger partial charge in [-0.2, -0.15) is 18.3 Å². The van der Waals surface area contributed by atoms with Gasteiger partial charge in [-0.05, 0) is 74.5 Å². The van der Waals surface area contributed by atoms with Gasteiger partial charge in [-0.25, -0.2) is 9.59 Å². The highest BCUT2D eigenvalue weighted by molar-refractivity contribution is 5.91. The largest absolute Gasteiger partial charge is 0.418 e. The van der Waals surface area contributed by atoms with E-state index in [-0.39, 0.29) is 40.9 Å². The number of amides is 5. The van der Waals surface area contributed by atoms with Crippen LogP contribution in [0, 0.1) is 0 Å². The van der Waals surface area contributed by atoms with Crippen LogP contribution in [0.2, 0.25) is 0 Å². The van der Waals surface area contributed by atoms with Gasteiger partial charge in [0.2, 0.25) is 5.91 Å². The molecule has 4 aliphatic rings. The van der Waals surface area contributed by atoms with Crippen LogP contribution in [0.15, 0.2) is 42.6 Å². The number of anilines is 1. The highest BCUT2D eigenvalue weighted by atomic mass is 19.4. The molecule has 12 nitrogen and oxygen atoms in total. The summed E-state index contributed by atoms with van der Waals surface area (Å²) in [4.78, 5) is 48.5. The third kappa shape index (κ3) is 7.38. The van der Waals surface area contributed by atoms with Gasteiger partial charge in [-0.3, -0.25) is 14.8 Å². The van der Waals surface area contributed by atoms with E-state index in [1.54, 1.807) is 15.9 Å². The smallest absolute Gasteiger partial charge is 0.338 e. The predicted molar refractivity (Wildman–Crippen MR) is 182 cm³/mol. The van der Waals surface area contributed by atoms with Crippen LogP contribution < -0.4 is 16.0 Å². The third-order valence-corrected chi connectivity index (χ3v) is 10.7. The fourth-order valence-corrected chi connectivity index (χ4v) is 7.96. The first-order valence-electron chi connectivity index (χ1n) is 17.6. The lowest BCUT2D eigenvalue weighted by atomic mass is 9.99. The molecule has 4 aliphatic heterocycles. The fourth-order valence-electron chi connectivity index (χ4n) is 7.96. The maximum atomic E-state index is 14.1. The van der Waals surface area contributed by atoms with Crippen molar-refractivity contribution in [2.24, 2.45) is 0 Å². The number of carbonyl (C=O) groups excluding carboxylic acids is 3. The first-order chi connectivity index (χ1) is 24.1. The van der Waals surface area contributed by atoms with Crippen LogP contribution in [0.5, 0.6) is 0 Å². The van der Waals surface area contributed by atoms with Crippen molar-refractivity contribution in [2.45, 2.75) is 62.8 Å². The van der Waals surface area contributed by atoms with Crippen molar-refractivity contribution in [2.75, 3.05) is 64.2 Å². The summed E-state index contributed by atoms with van der Waals surface area (Å²) in [6.07, 6.45) is 0.569. The molecule has 15 heteroatoms. The number of nitrogens with one attached hydrogen (secondary N) is 4. The molecule has 2 aromatic carbocycles. The van der Waals surface area contributed by atoms with Gasteiger partial charge in [0.25, 0.3) is 0 Å². The molecule has 4 N–H and O–H groups in total. The van der Waals surface area contributed by atoms with Crippen molar-refractivity contribution >= 4 is 34.6 Å². The van der Waals surface area contributed by atoms with Crippen molar-refractivity contribution < 1.29 is 27.6 Å². The molecular formula is C35H44F3N9O3. The van der Waals surface area contributed by atoms with Crippen LogP contribution in [0.1, 0.15) is 42.4 Å². The first-order valence-corrected chi connectivity index (χ1v) is 17.6. The highest BCUT2D eigenvalue weighted by Gasteiger charge is 2.37. The van der Waals surface area contributed by atoms with Gasteiger partial charge in [0, 0.05) is 75.4 Å². The summed E-state index contributed by atoms with van der Waals surface area (Å²) in [5.74, 6) is -0.306. The predicted octanol–water partition coefficient (Wildman–Crippen LogP) is 3.65. The van der Waals surface area contributed by atoms with Gasteiger partial charge in [-0.1, -0.05) is 18.2 Å². The van der Waals surface area contributed by atoms with Gasteiger partial charge in [0.1, 0.15) is 6.04 Å².